The van der Waals surface area contributed by atoms with E-state index in [0.29, 0.717) is 16.3 Å². The predicted octanol–water partition coefficient (Wildman–Crippen LogP) is 3.43. The third kappa shape index (κ3) is 4.37. The Hall–Kier alpha value is -1.73. The summed E-state index contributed by atoms with van der Waals surface area (Å²) in [4.78, 5) is 12.1. The minimum absolute atomic E-state index is 0.123. The minimum Gasteiger partial charge on any atom is -0.479 e. The molecule has 1 saturated carbocycles. The largest absolute Gasteiger partial charge is 0.479 e. The molecule has 1 aliphatic rings. The molecule has 0 saturated heterocycles. The van der Waals surface area contributed by atoms with E-state index in [2.05, 4.69) is 5.32 Å². The van der Waals surface area contributed by atoms with Gasteiger partial charge < -0.3 is 10.1 Å². The summed E-state index contributed by atoms with van der Waals surface area (Å²) in [5.74, 6) is 0.296. The lowest BCUT2D eigenvalue weighted by atomic mass is 9.95. The summed E-state index contributed by atoms with van der Waals surface area (Å²) >= 11 is 6.04. The molecule has 1 fully saturated rings. The number of amides is 1. The van der Waals surface area contributed by atoms with Gasteiger partial charge in [0, 0.05) is 6.04 Å². The highest BCUT2D eigenvalue weighted by molar-refractivity contribution is 6.32. The van der Waals surface area contributed by atoms with Crippen molar-refractivity contribution < 1.29 is 9.53 Å². The van der Waals surface area contributed by atoms with Crippen molar-refractivity contribution >= 4 is 17.5 Å². The maximum atomic E-state index is 12.1. The molecule has 1 aromatic carbocycles. The topological polar surface area (TPSA) is 62.1 Å². The van der Waals surface area contributed by atoms with Crippen LogP contribution in [-0.2, 0) is 4.79 Å². The van der Waals surface area contributed by atoms with Gasteiger partial charge in [-0.05, 0) is 38.0 Å². The van der Waals surface area contributed by atoms with Crippen molar-refractivity contribution in [1.29, 1.82) is 5.26 Å². The lowest BCUT2D eigenvalue weighted by Crippen LogP contribution is -2.43. The molecule has 1 atom stereocenters. The van der Waals surface area contributed by atoms with Crippen LogP contribution in [0.5, 0.6) is 5.75 Å². The van der Waals surface area contributed by atoms with Crippen molar-refractivity contribution in [3.8, 4) is 11.8 Å². The summed E-state index contributed by atoms with van der Waals surface area (Å²) in [5.41, 5.74) is 0.465. The fraction of sp³-hybridized carbons (Fsp3) is 0.500. The normalized spacial score (nSPS) is 16.8. The monoisotopic (exact) mass is 306 g/mol. The molecule has 4 nitrogen and oxygen atoms in total. The second-order valence-corrected chi connectivity index (χ2v) is 5.77. The molecule has 0 radical (unpaired) electrons. The van der Waals surface area contributed by atoms with E-state index in [4.69, 9.17) is 21.6 Å². The number of carbonyl (C=O) groups is 1. The predicted molar refractivity (Wildman–Crippen MR) is 81.3 cm³/mol. The Morgan fingerprint density at radius 3 is 2.76 bits per heavy atom. The van der Waals surface area contributed by atoms with Crippen LogP contribution in [-0.4, -0.2) is 18.1 Å². The smallest absolute Gasteiger partial charge is 0.260 e. The molecule has 0 unspecified atom stereocenters. The molecule has 0 bridgehead atoms. The van der Waals surface area contributed by atoms with Crippen molar-refractivity contribution in [3.05, 3.63) is 28.8 Å². The molecule has 2 rings (SSSR count). The Morgan fingerprint density at radius 1 is 1.43 bits per heavy atom. The van der Waals surface area contributed by atoms with Crippen molar-refractivity contribution in [2.24, 2.45) is 0 Å². The van der Waals surface area contributed by atoms with Gasteiger partial charge in [0.15, 0.2) is 6.10 Å². The zero-order valence-corrected chi connectivity index (χ0v) is 12.8. The lowest BCUT2D eigenvalue weighted by Gasteiger charge is -2.24. The van der Waals surface area contributed by atoms with Gasteiger partial charge in [-0.25, -0.2) is 0 Å². The van der Waals surface area contributed by atoms with Crippen molar-refractivity contribution in [1.82, 2.24) is 5.32 Å². The van der Waals surface area contributed by atoms with Crippen molar-refractivity contribution in [3.63, 3.8) is 0 Å². The molecule has 0 spiro atoms. The molecule has 112 valence electrons. The van der Waals surface area contributed by atoms with Gasteiger partial charge in [-0.3, -0.25) is 4.79 Å². The lowest BCUT2D eigenvalue weighted by molar-refractivity contribution is -0.128. The summed E-state index contributed by atoms with van der Waals surface area (Å²) in [6.07, 6.45) is 5.05. The van der Waals surface area contributed by atoms with Crippen LogP contribution >= 0.6 is 11.6 Å². The number of halogens is 1. The van der Waals surface area contributed by atoms with Crippen molar-refractivity contribution in [2.75, 3.05) is 0 Å². The second kappa shape index (κ2) is 7.33. The SMILES string of the molecule is C[C@H](Oc1ccc(C#N)cc1Cl)C(=O)NC1CCCCC1. The molecule has 0 aliphatic heterocycles. The van der Waals surface area contributed by atoms with E-state index in [-0.39, 0.29) is 11.9 Å². The Kier molecular flexibility index (Phi) is 5.46. The zero-order chi connectivity index (χ0) is 15.2. The van der Waals surface area contributed by atoms with Crippen LogP contribution in [0.25, 0.3) is 0 Å². The van der Waals surface area contributed by atoms with E-state index in [1.165, 1.54) is 25.3 Å². The quantitative estimate of drug-likeness (QED) is 0.927. The number of rotatable bonds is 4. The molecular weight excluding hydrogens is 288 g/mol. The third-order valence-corrected chi connectivity index (χ3v) is 3.98. The number of nitrogens with one attached hydrogen (secondary N) is 1. The van der Waals surface area contributed by atoms with Crippen LogP contribution in [0.2, 0.25) is 5.02 Å². The van der Waals surface area contributed by atoms with Gasteiger partial charge in [0.1, 0.15) is 5.75 Å². The molecule has 21 heavy (non-hydrogen) atoms. The van der Waals surface area contributed by atoms with Gasteiger partial charge in [0.25, 0.3) is 5.91 Å². The molecular formula is C16H19ClN2O2. The standard InChI is InChI=1S/C16H19ClN2O2/c1-11(16(20)19-13-5-3-2-4-6-13)21-15-8-7-12(10-18)9-14(15)17/h7-9,11,13H,2-6H2,1H3,(H,19,20)/t11-/m0/s1. The summed E-state index contributed by atoms with van der Waals surface area (Å²) in [6.45, 7) is 1.70. The Labute approximate surface area is 130 Å². The number of benzene rings is 1. The second-order valence-electron chi connectivity index (χ2n) is 5.36. The number of nitriles is 1. The van der Waals surface area contributed by atoms with Gasteiger partial charge in [0.05, 0.1) is 16.7 Å². The molecule has 0 aromatic heterocycles. The van der Waals surface area contributed by atoms with Gasteiger partial charge >= 0.3 is 0 Å². The van der Waals surface area contributed by atoms with E-state index in [1.807, 2.05) is 6.07 Å². The van der Waals surface area contributed by atoms with Crippen molar-refractivity contribution in [2.45, 2.75) is 51.2 Å². The number of carbonyl (C=O) groups excluding carboxylic acids is 1. The Balaban J connectivity index is 1.92. The average molecular weight is 307 g/mol. The van der Waals surface area contributed by atoms with Gasteiger partial charge in [0.2, 0.25) is 0 Å². The highest BCUT2D eigenvalue weighted by Crippen LogP contribution is 2.26. The van der Waals surface area contributed by atoms with E-state index in [9.17, 15) is 4.79 Å². The van der Waals surface area contributed by atoms with Crippen LogP contribution in [0, 0.1) is 11.3 Å². The number of hydrogen-bond donors (Lipinski definition) is 1. The molecule has 1 aliphatic carbocycles. The molecule has 5 heteroatoms. The molecule has 1 aromatic rings. The van der Waals surface area contributed by atoms with Crippen LogP contribution < -0.4 is 10.1 Å². The molecule has 1 N–H and O–H groups in total. The van der Waals surface area contributed by atoms with Gasteiger partial charge in [-0.15, -0.1) is 0 Å². The van der Waals surface area contributed by atoms with E-state index in [1.54, 1.807) is 19.1 Å². The minimum atomic E-state index is -0.614. The Morgan fingerprint density at radius 2 is 2.14 bits per heavy atom. The van der Waals surface area contributed by atoms with Crippen LogP contribution in [0.15, 0.2) is 18.2 Å². The highest BCUT2D eigenvalue weighted by Gasteiger charge is 2.21. The van der Waals surface area contributed by atoms with Crippen LogP contribution in [0.4, 0.5) is 0 Å². The summed E-state index contributed by atoms with van der Waals surface area (Å²) < 4.78 is 5.59. The first-order valence-corrected chi connectivity index (χ1v) is 7.64. The molecule has 1 amide bonds. The van der Waals surface area contributed by atoms with Gasteiger partial charge in [-0.2, -0.15) is 5.26 Å². The number of hydrogen-bond acceptors (Lipinski definition) is 3. The number of nitrogens with zero attached hydrogens (tertiary/aromatic N) is 1. The van der Waals surface area contributed by atoms with E-state index < -0.39 is 6.10 Å². The fourth-order valence-corrected chi connectivity index (χ4v) is 2.70. The maximum Gasteiger partial charge on any atom is 0.260 e. The van der Waals surface area contributed by atoms with E-state index >= 15 is 0 Å². The van der Waals surface area contributed by atoms with E-state index in [0.717, 1.165) is 12.8 Å². The maximum absolute atomic E-state index is 12.1. The highest BCUT2D eigenvalue weighted by atomic mass is 35.5. The summed E-state index contributed by atoms with van der Waals surface area (Å²) in [7, 11) is 0. The Bertz CT molecular complexity index is 548. The van der Waals surface area contributed by atoms with Crippen LogP contribution in [0.1, 0.15) is 44.6 Å². The number of ether oxygens (including phenoxy) is 1. The first-order chi connectivity index (χ1) is 10.1. The zero-order valence-electron chi connectivity index (χ0n) is 12.1. The molecule has 0 heterocycles. The summed E-state index contributed by atoms with van der Waals surface area (Å²) in [6, 6.07) is 7.03. The third-order valence-electron chi connectivity index (χ3n) is 3.69. The van der Waals surface area contributed by atoms with Gasteiger partial charge in [-0.1, -0.05) is 30.9 Å². The average Bonchev–Trinajstić information content (AvgIpc) is 2.50. The fourth-order valence-electron chi connectivity index (χ4n) is 2.48. The van der Waals surface area contributed by atoms with Crippen LogP contribution in [0.3, 0.4) is 0 Å². The first kappa shape index (κ1) is 15.7. The summed E-state index contributed by atoms with van der Waals surface area (Å²) in [5, 5.41) is 12.2. The first-order valence-electron chi connectivity index (χ1n) is 7.27.